The van der Waals surface area contributed by atoms with Gasteiger partial charge < -0.3 is 19.7 Å². The maximum atomic E-state index is 12.1. The average Bonchev–Trinajstić information content (AvgIpc) is 2.77. The molecule has 0 bridgehead atoms. The maximum Gasteiger partial charge on any atom is 0.326 e. The molecule has 1 unspecified atom stereocenters. The summed E-state index contributed by atoms with van der Waals surface area (Å²) in [6.07, 6.45) is 4.71. The fourth-order valence-electron chi connectivity index (χ4n) is 2.29. The summed E-state index contributed by atoms with van der Waals surface area (Å²) in [6, 6.07) is 2.44. The summed E-state index contributed by atoms with van der Waals surface area (Å²) in [5, 5.41) is 11.9. The number of hydrogen-bond donors (Lipinski definition) is 2. The number of urea groups is 1. The fourth-order valence-corrected chi connectivity index (χ4v) is 2.29. The van der Waals surface area contributed by atoms with Crippen LogP contribution in [0, 0.1) is 0 Å². The third kappa shape index (κ3) is 3.49. The van der Waals surface area contributed by atoms with Crippen molar-refractivity contribution >= 4 is 12.0 Å². The van der Waals surface area contributed by atoms with Crippen LogP contribution in [-0.2, 0) is 11.3 Å². The molecule has 1 fully saturated rings. The van der Waals surface area contributed by atoms with E-state index < -0.39 is 12.0 Å². The Morgan fingerprint density at radius 2 is 2.26 bits per heavy atom. The van der Waals surface area contributed by atoms with E-state index >= 15 is 0 Å². The predicted molar refractivity (Wildman–Crippen MR) is 67.5 cm³/mol. The van der Waals surface area contributed by atoms with Gasteiger partial charge >= 0.3 is 12.0 Å². The Bertz CT molecular complexity index is 430. The van der Waals surface area contributed by atoms with E-state index in [0.717, 1.165) is 19.3 Å². The molecule has 104 valence electrons. The van der Waals surface area contributed by atoms with Crippen molar-refractivity contribution < 1.29 is 19.1 Å². The van der Waals surface area contributed by atoms with E-state index in [1.165, 1.54) is 11.2 Å². The Kier molecular flexibility index (Phi) is 4.43. The van der Waals surface area contributed by atoms with E-state index in [1.807, 2.05) is 0 Å². The summed E-state index contributed by atoms with van der Waals surface area (Å²) in [4.78, 5) is 24.7. The molecule has 0 saturated carbocycles. The molecule has 19 heavy (non-hydrogen) atoms. The highest BCUT2D eigenvalue weighted by Gasteiger charge is 2.30. The van der Waals surface area contributed by atoms with Gasteiger partial charge in [-0.05, 0) is 25.0 Å². The Morgan fingerprint density at radius 1 is 1.42 bits per heavy atom. The lowest BCUT2D eigenvalue weighted by molar-refractivity contribution is -0.142. The van der Waals surface area contributed by atoms with Gasteiger partial charge in [-0.2, -0.15) is 0 Å². The number of aliphatic carboxylic acids is 1. The number of hydrogen-bond acceptors (Lipinski definition) is 3. The van der Waals surface area contributed by atoms with Gasteiger partial charge in [-0.15, -0.1) is 0 Å². The van der Waals surface area contributed by atoms with Gasteiger partial charge in [0.15, 0.2) is 0 Å². The predicted octanol–water partition coefficient (Wildman–Crippen LogP) is 1.82. The van der Waals surface area contributed by atoms with Crippen LogP contribution in [0.2, 0.25) is 0 Å². The first-order valence-electron chi connectivity index (χ1n) is 6.48. The summed E-state index contributed by atoms with van der Waals surface area (Å²) in [5.41, 5.74) is 0. The monoisotopic (exact) mass is 266 g/mol. The van der Waals surface area contributed by atoms with Crippen molar-refractivity contribution in [3.05, 3.63) is 24.2 Å². The van der Waals surface area contributed by atoms with E-state index in [-0.39, 0.29) is 12.6 Å². The molecule has 6 nitrogen and oxygen atoms in total. The highest BCUT2D eigenvalue weighted by atomic mass is 16.4. The van der Waals surface area contributed by atoms with Crippen LogP contribution in [-0.4, -0.2) is 34.6 Å². The first kappa shape index (κ1) is 13.5. The van der Waals surface area contributed by atoms with Crippen molar-refractivity contribution in [2.75, 3.05) is 6.54 Å². The minimum Gasteiger partial charge on any atom is -0.480 e. The first-order valence-corrected chi connectivity index (χ1v) is 6.48. The van der Waals surface area contributed by atoms with Gasteiger partial charge in [0.1, 0.15) is 11.8 Å². The van der Waals surface area contributed by atoms with Crippen LogP contribution in [0.1, 0.15) is 31.4 Å². The van der Waals surface area contributed by atoms with Crippen LogP contribution in [0.25, 0.3) is 0 Å². The van der Waals surface area contributed by atoms with Gasteiger partial charge in [0.05, 0.1) is 12.8 Å². The fraction of sp³-hybridized carbons (Fsp3) is 0.538. The standard InChI is InChI=1S/C13H18N2O4/c16-12(17)11-6-2-1-3-7-15(11)13(18)14-9-10-5-4-8-19-10/h4-5,8,11H,1-3,6-7,9H2,(H,14,18)(H,16,17). The minimum absolute atomic E-state index is 0.272. The Morgan fingerprint density at radius 3 is 2.95 bits per heavy atom. The van der Waals surface area contributed by atoms with E-state index in [9.17, 15) is 14.7 Å². The molecule has 1 atom stereocenters. The zero-order chi connectivity index (χ0) is 13.7. The van der Waals surface area contributed by atoms with Crippen molar-refractivity contribution in [1.82, 2.24) is 10.2 Å². The van der Waals surface area contributed by atoms with Gasteiger partial charge in [0.2, 0.25) is 0 Å². The lowest BCUT2D eigenvalue weighted by Gasteiger charge is -2.26. The summed E-state index contributed by atoms with van der Waals surface area (Å²) in [6.45, 7) is 0.760. The van der Waals surface area contributed by atoms with E-state index in [0.29, 0.717) is 18.7 Å². The Hall–Kier alpha value is -1.98. The summed E-state index contributed by atoms with van der Waals surface area (Å²) < 4.78 is 5.12. The molecule has 1 saturated heterocycles. The lowest BCUT2D eigenvalue weighted by Crippen LogP contribution is -2.49. The molecule has 1 aromatic heterocycles. The second-order valence-corrected chi connectivity index (χ2v) is 4.63. The molecule has 2 amide bonds. The molecule has 6 heteroatoms. The molecule has 0 radical (unpaired) electrons. The second-order valence-electron chi connectivity index (χ2n) is 4.63. The third-order valence-corrected chi connectivity index (χ3v) is 3.29. The van der Waals surface area contributed by atoms with Crippen LogP contribution < -0.4 is 5.32 Å². The highest BCUT2D eigenvalue weighted by molar-refractivity contribution is 5.82. The molecule has 0 aromatic carbocycles. The zero-order valence-corrected chi connectivity index (χ0v) is 10.7. The largest absolute Gasteiger partial charge is 0.480 e. The number of carbonyl (C=O) groups is 2. The average molecular weight is 266 g/mol. The van der Waals surface area contributed by atoms with Crippen LogP contribution in [0.4, 0.5) is 4.79 Å². The quantitative estimate of drug-likeness (QED) is 0.874. The van der Waals surface area contributed by atoms with Gasteiger partial charge in [-0.25, -0.2) is 9.59 Å². The minimum atomic E-state index is -0.935. The smallest absolute Gasteiger partial charge is 0.326 e. The molecule has 1 aliphatic heterocycles. The molecular weight excluding hydrogens is 248 g/mol. The van der Waals surface area contributed by atoms with E-state index in [2.05, 4.69) is 5.32 Å². The van der Waals surface area contributed by atoms with Crippen molar-refractivity contribution in [3.8, 4) is 0 Å². The molecular formula is C13H18N2O4. The second kappa shape index (κ2) is 6.26. The van der Waals surface area contributed by atoms with E-state index in [4.69, 9.17) is 4.42 Å². The number of rotatable bonds is 3. The van der Waals surface area contributed by atoms with Crippen molar-refractivity contribution in [2.45, 2.75) is 38.3 Å². The molecule has 2 heterocycles. The summed E-state index contributed by atoms with van der Waals surface area (Å²) >= 11 is 0. The summed E-state index contributed by atoms with van der Waals surface area (Å²) in [5.74, 6) is -0.287. The molecule has 2 rings (SSSR count). The number of nitrogens with zero attached hydrogens (tertiary/aromatic N) is 1. The molecule has 1 aromatic rings. The van der Waals surface area contributed by atoms with Crippen LogP contribution >= 0.6 is 0 Å². The maximum absolute atomic E-state index is 12.1. The Labute approximate surface area is 111 Å². The molecule has 0 spiro atoms. The number of likely N-dealkylation sites (tertiary alicyclic amines) is 1. The molecule has 2 N–H and O–H groups in total. The Balaban J connectivity index is 1.96. The normalized spacial score (nSPS) is 19.8. The van der Waals surface area contributed by atoms with Gasteiger partial charge in [0.25, 0.3) is 0 Å². The number of carboxylic acids is 1. The topological polar surface area (TPSA) is 82.8 Å². The third-order valence-electron chi connectivity index (χ3n) is 3.29. The van der Waals surface area contributed by atoms with Crippen LogP contribution in [0.3, 0.4) is 0 Å². The zero-order valence-electron chi connectivity index (χ0n) is 10.7. The highest BCUT2D eigenvalue weighted by Crippen LogP contribution is 2.17. The van der Waals surface area contributed by atoms with Crippen LogP contribution in [0.5, 0.6) is 0 Å². The van der Waals surface area contributed by atoms with Crippen molar-refractivity contribution in [1.29, 1.82) is 0 Å². The number of carbonyl (C=O) groups excluding carboxylic acids is 1. The van der Waals surface area contributed by atoms with Crippen molar-refractivity contribution in [2.24, 2.45) is 0 Å². The number of nitrogens with one attached hydrogen (secondary N) is 1. The van der Waals surface area contributed by atoms with Crippen LogP contribution in [0.15, 0.2) is 22.8 Å². The van der Waals surface area contributed by atoms with Gasteiger partial charge in [0, 0.05) is 6.54 Å². The number of amides is 2. The summed E-state index contributed by atoms with van der Waals surface area (Å²) in [7, 11) is 0. The van der Waals surface area contributed by atoms with Crippen molar-refractivity contribution in [3.63, 3.8) is 0 Å². The number of carboxylic acid groups (broad SMARTS) is 1. The number of furan rings is 1. The first-order chi connectivity index (χ1) is 9.18. The van der Waals surface area contributed by atoms with Gasteiger partial charge in [-0.1, -0.05) is 12.8 Å². The van der Waals surface area contributed by atoms with Gasteiger partial charge in [-0.3, -0.25) is 0 Å². The molecule has 1 aliphatic rings. The SMILES string of the molecule is O=C(O)C1CCCCCN1C(=O)NCc1ccco1. The van der Waals surface area contributed by atoms with E-state index in [1.54, 1.807) is 12.1 Å². The molecule has 0 aliphatic carbocycles. The lowest BCUT2D eigenvalue weighted by atomic mass is 10.1.